The van der Waals surface area contributed by atoms with Gasteiger partial charge in [-0.15, -0.1) is 0 Å². The van der Waals surface area contributed by atoms with Crippen LogP contribution in [0.3, 0.4) is 0 Å². The molecule has 78 valence electrons. The van der Waals surface area contributed by atoms with Crippen LogP contribution in [0.15, 0.2) is 30.3 Å². The molecule has 0 N–H and O–H groups in total. The van der Waals surface area contributed by atoms with Crippen molar-refractivity contribution in [1.29, 1.82) is 0 Å². The van der Waals surface area contributed by atoms with Gasteiger partial charge >= 0.3 is 0 Å². The van der Waals surface area contributed by atoms with E-state index in [1.807, 2.05) is 30.3 Å². The van der Waals surface area contributed by atoms with Gasteiger partial charge in [-0.25, -0.2) is 0 Å². The lowest BCUT2D eigenvalue weighted by Gasteiger charge is -1.99. The highest BCUT2D eigenvalue weighted by Crippen LogP contribution is 2.03. The van der Waals surface area contributed by atoms with Crippen molar-refractivity contribution in [2.45, 2.75) is 6.92 Å². The molecule has 0 spiro atoms. The van der Waals surface area contributed by atoms with E-state index in [4.69, 9.17) is 0 Å². The average molecular weight is 275 g/mol. The molecule has 0 saturated carbocycles. The maximum absolute atomic E-state index is 11.6. The molecule has 1 rings (SSSR count). The van der Waals surface area contributed by atoms with Crippen LogP contribution in [-0.4, -0.2) is 23.5 Å². The Hall–Kier alpha value is -0.280. The van der Waals surface area contributed by atoms with Gasteiger partial charge in [-0.1, -0.05) is 30.3 Å². The maximum Gasteiger partial charge on any atom is 0.211 e. The summed E-state index contributed by atoms with van der Waals surface area (Å²) in [5, 5.41) is 0. The molecular formula is C11H15BrOS. The lowest BCUT2D eigenvalue weighted by Crippen LogP contribution is -3.00. The summed E-state index contributed by atoms with van der Waals surface area (Å²) < 4.78 is 0. The highest BCUT2D eigenvalue weighted by atomic mass is 79.9. The van der Waals surface area contributed by atoms with Gasteiger partial charge in [0.1, 0.15) is 5.75 Å². The number of halogens is 1. The number of rotatable bonds is 4. The molecule has 0 aliphatic rings. The van der Waals surface area contributed by atoms with Crippen molar-refractivity contribution >= 4 is 16.7 Å². The second-order valence-electron chi connectivity index (χ2n) is 3.00. The van der Waals surface area contributed by atoms with Crippen LogP contribution >= 0.6 is 0 Å². The van der Waals surface area contributed by atoms with Gasteiger partial charge in [0.25, 0.3) is 0 Å². The molecule has 0 radical (unpaired) electrons. The van der Waals surface area contributed by atoms with Gasteiger partial charge in [0, 0.05) is 5.56 Å². The second-order valence-corrected chi connectivity index (χ2v) is 5.43. The monoisotopic (exact) mass is 274 g/mol. The lowest BCUT2D eigenvalue weighted by atomic mass is 10.2. The number of Topliss-reactive ketones (excluding diaryl/α,β-unsaturated/α-hetero) is 1. The van der Waals surface area contributed by atoms with E-state index >= 15 is 0 Å². The summed E-state index contributed by atoms with van der Waals surface area (Å²) in [6, 6.07) is 9.52. The molecule has 0 fully saturated rings. The highest BCUT2D eigenvalue weighted by molar-refractivity contribution is 7.96. The van der Waals surface area contributed by atoms with Crippen molar-refractivity contribution in [1.82, 2.24) is 0 Å². The molecule has 1 unspecified atom stereocenters. The highest BCUT2D eigenvalue weighted by Gasteiger charge is 2.15. The molecule has 0 aliphatic heterocycles. The fourth-order valence-electron chi connectivity index (χ4n) is 1.03. The number of ketones is 1. The topological polar surface area (TPSA) is 17.1 Å². The fraction of sp³-hybridized carbons (Fsp3) is 0.364. The van der Waals surface area contributed by atoms with E-state index in [9.17, 15) is 4.79 Å². The summed E-state index contributed by atoms with van der Waals surface area (Å²) in [6.07, 6.45) is 2.14. The Balaban J connectivity index is 0.00000169. The van der Waals surface area contributed by atoms with Crippen LogP contribution in [0.4, 0.5) is 0 Å². The Kier molecular flexibility index (Phi) is 6.93. The van der Waals surface area contributed by atoms with Crippen molar-refractivity contribution in [2.24, 2.45) is 0 Å². The van der Waals surface area contributed by atoms with E-state index in [1.165, 1.54) is 0 Å². The minimum atomic E-state index is 0. The van der Waals surface area contributed by atoms with E-state index in [0.717, 1.165) is 11.3 Å². The molecular weight excluding hydrogens is 260 g/mol. The third-order valence-electron chi connectivity index (χ3n) is 1.97. The number of carbonyl (C=O) groups is 1. The first-order chi connectivity index (χ1) is 6.24. The van der Waals surface area contributed by atoms with Crippen molar-refractivity contribution < 1.29 is 21.8 Å². The zero-order valence-corrected chi connectivity index (χ0v) is 10.9. The summed E-state index contributed by atoms with van der Waals surface area (Å²) in [5.41, 5.74) is 0.843. The van der Waals surface area contributed by atoms with Crippen LogP contribution in [0.25, 0.3) is 0 Å². The quantitative estimate of drug-likeness (QED) is 0.516. The number of hydrogen-bond donors (Lipinski definition) is 0. The van der Waals surface area contributed by atoms with E-state index < -0.39 is 0 Å². The van der Waals surface area contributed by atoms with E-state index in [1.54, 1.807) is 0 Å². The van der Waals surface area contributed by atoms with Crippen LogP contribution in [-0.2, 0) is 10.9 Å². The first kappa shape index (κ1) is 13.7. The van der Waals surface area contributed by atoms with Crippen LogP contribution < -0.4 is 17.0 Å². The third kappa shape index (κ3) is 4.29. The van der Waals surface area contributed by atoms with Crippen LogP contribution in [0.2, 0.25) is 0 Å². The van der Waals surface area contributed by atoms with Gasteiger partial charge < -0.3 is 17.0 Å². The Bertz CT molecular complexity index is 274. The number of carbonyl (C=O) groups excluding carboxylic acids is 1. The zero-order valence-electron chi connectivity index (χ0n) is 8.50. The predicted octanol–water partition coefficient (Wildman–Crippen LogP) is -0.859. The third-order valence-corrected chi connectivity index (χ3v) is 3.71. The molecule has 14 heavy (non-hydrogen) atoms. The molecule has 0 saturated heterocycles. The lowest BCUT2D eigenvalue weighted by molar-refractivity contribution is -0.0000106. The first-order valence-corrected chi connectivity index (χ1v) is 6.38. The van der Waals surface area contributed by atoms with Crippen molar-refractivity contribution in [3.8, 4) is 0 Å². The molecule has 0 bridgehead atoms. The number of hydrogen-bond acceptors (Lipinski definition) is 1. The van der Waals surface area contributed by atoms with Crippen molar-refractivity contribution in [2.75, 3.05) is 17.8 Å². The molecule has 0 amide bonds. The van der Waals surface area contributed by atoms with Crippen LogP contribution in [0.1, 0.15) is 17.3 Å². The average Bonchev–Trinajstić information content (AvgIpc) is 2.19. The molecule has 0 aromatic heterocycles. The van der Waals surface area contributed by atoms with Gasteiger partial charge in [-0.2, -0.15) is 0 Å². The Morgan fingerprint density at radius 1 is 1.29 bits per heavy atom. The van der Waals surface area contributed by atoms with E-state index in [-0.39, 0.29) is 33.7 Å². The summed E-state index contributed by atoms with van der Waals surface area (Å²) in [7, 11) is 0.243. The largest absolute Gasteiger partial charge is 1.00 e. The second kappa shape index (κ2) is 7.07. The Morgan fingerprint density at radius 2 is 1.86 bits per heavy atom. The smallest absolute Gasteiger partial charge is 0.211 e. The van der Waals surface area contributed by atoms with E-state index in [0.29, 0.717) is 5.75 Å². The van der Waals surface area contributed by atoms with Crippen LogP contribution in [0, 0.1) is 0 Å². The summed E-state index contributed by atoms with van der Waals surface area (Å²) >= 11 is 0. The van der Waals surface area contributed by atoms with E-state index in [2.05, 4.69) is 13.2 Å². The predicted molar refractivity (Wildman–Crippen MR) is 59.5 cm³/mol. The number of benzene rings is 1. The zero-order chi connectivity index (χ0) is 9.68. The molecule has 0 aliphatic carbocycles. The standard InChI is InChI=1S/C11H15OS.BrH/c1-3-13(2)9-11(12)10-7-5-4-6-8-10;/h4-8H,3,9H2,1-2H3;1H/q+1;/p-1. The summed E-state index contributed by atoms with van der Waals surface area (Å²) in [4.78, 5) is 11.6. The van der Waals surface area contributed by atoms with Crippen LogP contribution in [0.5, 0.6) is 0 Å². The van der Waals surface area contributed by atoms with Gasteiger partial charge in [0.05, 0.1) is 6.26 Å². The first-order valence-electron chi connectivity index (χ1n) is 4.41. The summed E-state index contributed by atoms with van der Waals surface area (Å²) in [5.74, 6) is 2.06. The molecule has 1 nitrogen and oxygen atoms in total. The normalized spacial score (nSPS) is 11.6. The van der Waals surface area contributed by atoms with Crippen molar-refractivity contribution in [3.05, 3.63) is 35.9 Å². The van der Waals surface area contributed by atoms with Gasteiger partial charge in [-0.05, 0) is 17.8 Å². The maximum atomic E-state index is 11.6. The SMILES string of the molecule is CC[S+](C)CC(=O)c1ccccc1.[Br-]. The molecule has 1 aromatic carbocycles. The Labute approximate surface area is 99.0 Å². The molecule has 3 heteroatoms. The Morgan fingerprint density at radius 3 is 2.36 bits per heavy atom. The minimum absolute atomic E-state index is 0. The fourth-order valence-corrected chi connectivity index (χ4v) is 1.85. The molecule has 0 heterocycles. The van der Waals surface area contributed by atoms with Gasteiger partial charge in [0.15, 0.2) is 5.75 Å². The molecule has 1 aromatic rings. The van der Waals surface area contributed by atoms with Gasteiger partial charge in [-0.3, -0.25) is 4.79 Å². The van der Waals surface area contributed by atoms with Gasteiger partial charge in [0.2, 0.25) is 5.78 Å². The minimum Gasteiger partial charge on any atom is -1.00 e. The molecule has 1 atom stereocenters. The van der Waals surface area contributed by atoms with Crippen molar-refractivity contribution in [3.63, 3.8) is 0 Å². The summed E-state index contributed by atoms with van der Waals surface area (Å²) in [6.45, 7) is 2.13.